The quantitative estimate of drug-likeness (QED) is 0.599. The second kappa shape index (κ2) is 7.23. The van der Waals surface area contributed by atoms with Gasteiger partial charge in [0.1, 0.15) is 5.82 Å². The maximum atomic E-state index is 13.2. The number of amides is 3. The molecule has 4 N–H and O–H groups in total. The molecule has 0 aliphatic heterocycles. The van der Waals surface area contributed by atoms with Crippen molar-refractivity contribution in [3.05, 3.63) is 30.1 Å². The van der Waals surface area contributed by atoms with E-state index in [0.29, 0.717) is 0 Å². The number of urea groups is 1. The minimum atomic E-state index is -0.681. The van der Waals surface area contributed by atoms with E-state index < -0.39 is 17.8 Å². The first-order valence-electron chi connectivity index (χ1n) is 5.30. The van der Waals surface area contributed by atoms with Crippen LogP contribution >= 0.6 is 0 Å². The van der Waals surface area contributed by atoms with Gasteiger partial charge in [-0.25, -0.2) is 9.18 Å². The van der Waals surface area contributed by atoms with Crippen LogP contribution < -0.4 is 16.0 Å². The minimum Gasteiger partial charge on any atom is -0.395 e. The number of halogens is 1. The maximum absolute atomic E-state index is 13.2. The van der Waals surface area contributed by atoms with Crippen LogP contribution in [-0.4, -0.2) is 36.7 Å². The van der Waals surface area contributed by atoms with Crippen molar-refractivity contribution >= 4 is 17.6 Å². The number of benzene rings is 1. The molecule has 0 aliphatic carbocycles. The highest BCUT2D eigenvalue weighted by atomic mass is 19.1. The Morgan fingerprint density at radius 1 is 1.22 bits per heavy atom. The van der Waals surface area contributed by atoms with Crippen molar-refractivity contribution in [2.24, 2.45) is 0 Å². The number of hydrogen-bond acceptors (Lipinski definition) is 3. The zero-order valence-electron chi connectivity index (χ0n) is 9.57. The van der Waals surface area contributed by atoms with Crippen LogP contribution in [0.15, 0.2) is 24.3 Å². The molecule has 0 unspecified atom stereocenters. The summed E-state index contributed by atoms with van der Waals surface area (Å²) in [4.78, 5) is 22.4. The van der Waals surface area contributed by atoms with E-state index in [2.05, 4.69) is 16.0 Å². The van der Waals surface area contributed by atoms with Gasteiger partial charge in [-0.1, -0.05) is 12.1 Å². The number of carbonyl (C=O) groups is 2. The van der Waals surface area contributed by atoms with Crippen LogP contribution in [0, 0.1) is 5.82 Å². The molecule has 18 heavy (non-hydrogen) atoms. The SMILES string of the molecule is O=C(CNC(=O)Nc1ccccc1F)NCCO. The highest BCUT2D eigenvalue weighted by Gasteiger charge is 2.07. The molecule has 3 amide bonds. The molecule has 7 heteroatoms. The number of aliphatic hydroxyl groups is 1. The van der Waals surface area contributed by atoms with Gasteiger partial charge in [-0.05, 0) is 12.1 Å². The van der Waals surface area contributed by atoms with Gasteiger partial charge in [0.05, 0.1) is 18.8 Å². The lowest BCUT2D eigenvalue weighted by Gasteiger charge is -2.08. The lowest BCUT2D eigenvalue weighted by Crippen LogP contribution is -2.39. The highest BCUT2D eigenvalue weighted by Crippen LogP contribution is 2.11. The number of rotatable bonds is 5. The molecule has 0 radical (unpaired) electrons. The van der Waals surface area contributed by atoms with Crippen molar-refractivity contribution in [3.8, 4) is 0 Å². The van der Waals surface area contributed by atoms with Crippen LogP contribution in [0.4, 0.5) is 14.9 Å². The second-order valence-electron chi connectivity index (χ2n) is 3.36. The first kappa shape index (κ1) is 13.9. The fourth-order valence-corrected chi connectivity index (χ4v) is 1.15. The number of carbonyl (C=O) groups excluding carboxylic acids is 2. The van der Waals surface area contributed by atoms with Crippen LogP contribution in [0.25, 0.3) is 0 Å². The van der Waals surface area contributed by atoms with E-state index in [4.69, 9.17) is 5.11 Å². The summed E-state index contributed by atoms with van der Waals surface area (Å²) in [5, 5.41) is 15.3. The van der Waals surface area contributed by atoms with Crippen molar-refractivity contribution < 1.29 is 19.1 Å². The Labute approximate surface area is 103 Å². The molecule has 1 aromatic carbocycles. The monoisotopic (exact) mass is 255 g/mol. The Hall–Kier alpha value is -2.15. The normalized spacial score (nSPS) is 9.67. The number of anilines is 1. The summed E-state index contributed by atoms with van der Waals surface area (Å²) < 4.78 is 13.2. The average Bonchev–Trinajstić information content (AvgIpc) is 2.36. The molecule has 0 heterocycles. The molecule has 1 aromatic rings. The van der Waals surface area contributed by atoms with Crippen LogP contribution in [0.1, 0.15) is 0 Å². The zero-order valence-corrected chi connectivity index (χ0v) is 9.57. The van der Waals surface area contributed by atoms with Gasteiger partial charge >= 0.3 is 6.03 Å². The van der Waals surface area contributed by atoms with Gasteiger partial charge in [-0.15, -0.1) is 0 Å². The topological polar surface area (TPSA) is 90.5 Å². The molecule has 0 aromatic heterocycles. The van der Waals surface area contributed by atoms with Gasteiger partial charge in [0.25, 0.3) is 0 Å². The summed E-state index contributed by atoms with van der Waals surface area (Å²) in [6.07, 6.45) is 0. The molecule has 0 atom stereocenters. The van der Waals surface area contributed by atoms with E-state index in [-0.39, 0.29) is 25.4 Å². The first-order chi connectivity index (χ1) is 8.63. The Morgan fingerprint density at radius 3 is 2.61 bits per heavy atom. The van der Waals surface area contributed by atoms with E-state index in [1.165, 1.54) is 18.2 Å². The van der Waals surface area contributed by atoms with Crippen molar-refractivity contribution in [1.82, 2.24) is 10.6 Å². The predicted octanol–water partition coefficient (Wildman–Crippen LogP) is 0.0557. The summed E-state index contributed by atoms with van der Waals surface area (Å²) >= 11 is 0. The molecule has 0 saturated heterocycles. The van der Waals surface area contributed by atoms with Gasteiger partial charge in [0, 0.05) is 6.54 Å². The highest BCUT2D eigenvalue weighted by molar-refractivity contribution is 5.92. The summed E-state index contributed by atoms with van der Waals surface area (Å²) in [6, 6.07) is 5.01. The fraction of sp³-hybridized carbons (Fsp3) is 0.273. The number of hydrogen-bond donors (Lipinski definition) is 4. The van der Waals surface area contributed by atoms with Crippen molar-refractivity contribution in [1.29, 1.82) is 0 Å². The van der Waals surface area contributed by atoms with E-state index in [9.17, 15) is 14.0 Å². The average molecular weight is 255 g/mol. The van der Waals surface area contributed by atoms with E-state index >= 15 is 0 Å². The molecule has 0 bridgehead atoms. The predicted molar refractivity (Wildman–Crippen MR) is 63.5 cm³/mol. The lowest BCUT2D eigenvalue weighted by atomic mass is 10.3. The van der Waals surface area contributed by atoms with Crippen molar-refractivity contribution in [3.63, 3.8) is 0 Å². The number of nitrogens with one attached hydrogen (secondary N) is 3. The van der Waals surface area contributed by atoms with Gasteiger partial charge in [-0.2, -0.15) is 0 Å². The van der Waals surface area contributed by atoms with Crippen LogP contribution in [0.5, 0.6) is 0 Å². The summed E-state index contributed by atoms with van der Waals surface area (Å²) in [6.45, 7) is -0.303. The molecular formula is C11H14FN3O3. The maximum Gasteiger partial charge on any atom is 0.319 e. The smallest absolute Gasteiger partial charge is 0.319 e. The molecule has 98 valence electrons. The second-order valence-corrected chi connectivity index (χ2v) is 3.36. The standard InChI is InChI=1S/C11H14FN3O3/c12-8-3-1-2-4-9(8)15-11(18)14-7-10(17)13-5-6-16/h1-4,16H,5-7H2,(H,13,17)(H2,14,15,18). The Balaban J connectivity index is 2.34. The third-order valence-corrected chi connectivity index (χ3v) is 1.97. The van der Waals surface area contributed by atoms with Crippen LogP contribution in [-0.2, 0) is 4.79 Å². The van der Waals surface area contributed by atoms with Crippen molar-refractivity contribution in [2.75, 3.05) is 25.0 Å². The Bertz CT molecular complexity index is 426. The number of para-hydroxylation sites is 1. The van der Waals surface area contributed by atoms with Crippen molar-refractivity contribution in [2.45, 2.75) is 0 Å². The van der Waals surface area contributed by atoms with E-state index in [1.807, 2.05) is 0 Å². The first-order valence-corrected chi connectivity index (χ1v) is 5.30. The summed E-state index contributed by atoms with van der Waals surface area (Å²) in [5.41, 5.74) is 0.0331. The lowest BCUT2D eigenvalue weighted by molar-refractivity contribution is -0.120. The van der Waals surface area contributed by atoms with Gasteiger partial charge in [-0.3, -0.25) is 4.79 Å². The molecule has 0 fully saturated rings. The van der Waals surface area contributed by atoms with E-state index in [0.717, 1.165) is 0 Å². The zero-order chi connectivity index (χ0) is 13.4. The number of aliphatic hydroxyl groups excluding tert-OH is 1. The molecule has 0 aliphatic rings. The third kappa shape index (κ3) is 4.79. The van der Waals surface area contributed by atoms with Crippen LogP contribution in [0.2, 0.25) is 0 Å². The molecule has 6 nitrogen and oxygen atoms in total. The molecule has 0 saturated carbocycles. The minimum absolute atomic E-state index is 0.0331. The molecule has 0 spiro atoms. The van der Waals surface area contributed by atoms with Gasteiger partial charge in [0.15, 0.2) is 0 Å². The summed E-state index contributed by atoms with van der Waals surface area (Å²) in [5.74, 6) is -0.995. The fourth-order valence-electron chi connectivity index (χ4n) is 1.15. The Kier molecular flexibility index (Phi) is 5.59. The Morgan fingerprint density at radius 2 is 1.94 bits per heavy atom. The molecular weight excluding hydrogens is 241 g/mol. The molecule has 1 rings (SSSR count). The van der Waals surface area contributed by atoms with Gasteiger partial charge in [0.2, 0.25) is 5.91 Å². The summed E-state index contributed by atoms with van der Waals surface area (Å²) in [7, 11) is 0. The third-order valence-electron chi connectivity index (χ3n) is 1.97. The largest absolute Gasteiger partial charge is 0.395 e. The van der Waals surface area contributed by atoms with E-state index in [1.54, 1.807) is 6.07 Å². The van der Waals surface area contributed by atoms with Gasteiger partial charge < -0.3 is 21.1 Å². The van der Waals surface area contributed by atoms with Crippen LogP contribution in [0.3, 0.4) is 0 Å².